The molecule has 0 aromatic carbocycles. The molecule has 2 N–H and O–H groups in total. The fourth-order valence-corrected chi connectivity index (χ4v) is 2.50. The topological polar surface area (TPSA) is 45.2 Å². The number of nitrogens with zero attached hydrogens (tertiary/aromatic N) is 1. The third kappa shape index (κ3) is 3.38. The third-order valence-electron chi connectivity index (χ3n) is 3.32. The summed E-state index contributed by atoms with van der Waals surface area (Å²) in [6, 6.07) is 2.07. The quantitative estimate of drug-likeness (QED) is 0.825. The van der Waals surface area contributed by atoms with E-state index in [1.807, 2.05) is 0 Å². The summed E-state index contributed by atoms with van der Waals surface area (Å²) in [6.07, 6.45) is -3.87. The lowest BCUT2D eigenvalue weighted by atomic mass is 9.88. The van der Waals surface area contributed by atoms with Crippen molar-refractivity contribution in [3.63, 3.8) is 0 Å². The lowest BCUT2D eigenvalue weighted by molar-refractivity contribution is -0.141. The molecule has 3 nitrogen and oxygen atoms in total. The monoisotopic (exact) mass is 294 g/mol. The van der Waals surface area contributed by atoms with Crippen LogP contribution < -0.4 is 5.32 Å². The van der Waals surface area contributed by atoms with Gasteiger partial charge in [-0.2, -0.15) is 13.2 Å². The maximum Gasteiger partial charge on any atom is 0.433 e. The van der Waals surface area contributed by atoms with Crippen LogP contribution in [0.25, 0.3) is 0 Å². The minimum atomic E-state index is -4.53. The fourth-order valence-electron chi connectivity index (χ4n) is 2.24. The van der Waals surface area contributed by atoms with Crippen molar-refractivity contribution in [2.24, 2.45) is 5.92 Å². The molecule has 0 radical (unpaired) electrons. The van der Waals surface area contributed by atoms with Crippen LogP contribution in [0.4, 0.5) is 13.2 Å². The van der Waals surface area contributed by atoms with Gasteiger partial charge in [-0.05, 0) is 37.9 Å². The van der Waals surface area contributed by atoms with Crippen molar-refractivity contribution < 1.29 is 18.3 Å². The number of halogens is 4. The first kappa shape index (κ1) is 14.6. The fraction of sp³-hybridized carbons (Fsp3) is 0.583. The van der Waals surface area contributed by atoms with Crippen LogP contribution in [0.2, 0.25) is 5.15 Å². The molecule has 0 bridgehead atoms. The summed E-state index contributed by atoms with van der Waals surface area (Å²) in [5, 5.41) is 13.1. The number of nitrogens with one attached hydrogen (secondary N) is 1. The predicted molar refractivity (Wildman–Crippen MR) is 64.8 cm³/mol. The van der Waals surface area contributed by atoms with Gasteiger partial charge in [0.25, 0.3) is 0 Å². The zero-order valence-electron chi connectivity index (χ0n) is 10.0. The Hall–Kier alpha value is -0.850. The Morgan fingerprint density at radius 2 is 1.95 bits per heavy atom. The van der Waals surface area contributed by atoms with E-state index >= 15 is 0 Å². The van der Waals surface area contributed by atoms with Gasteiger partial charge in [0.15, 0.2) is 0 Å². The number of piperidine rings is 1. The Kier molecular flexibility index (Phi) is 4.32. The van der Waals surface area contributed by atoms with Crippen molar-refractivity contribution in [3.8, 4) is 0 Å². The minimum Gasteiger partial charge on any atom is -0.388 e. The molecule has 0 aliphatic carbocycles. The summed E-state index contributed by atoms with van der Waals surface area (Å²) in [7, 11) is 0. The normalized spacial score (nSPS) is 19.4. The molecule has 2 heterocycles. The van der Waals surface area contributed by atoms with Gasteiger partial charge in [0, 0.05) is 5.56 Å². The summed E-state index contributed by atoms with van der Waals surface area (Å²) < 4.78 is 37.4. The first-order chi connectivity index (χ1) is 8.89. The average molecular weight is 295 g/mol. The Balaban J connectivity index is 2.20. The van der Waals surface area contributed by atoms with E-state index < -0.39 is 18.0 Å². The van der Waals surface area contributed by atoms with E-state index in [0.717, 1.165) is 32.0 Å². The second kappa shape index (κ2) is 5.64. The van der Waals surface area contributed by atoms with Gasteiger partial charge in [0.2, 0.25) is 0 Å². The highest BCUT2D eigenvalue weighted by molar-refractivity contribution is 6.30. The van der Waals surface area contributed by atoms with Gasteiger partial charge in [-0.1, -0.05) is 17.7 Å². The van der Waals surface area contributed by atoms with Crippen molar-refractivity contribution in [1.82, 2.24) is 10.3 Å². The number of pyridine rings is 1. The molecule has 106 valence electrons. The van der Waals surface area contributed by atoms with E-state index in [2.05, 4.69) is 10.3 Å². The van der Waals surface area contributed by atoms with Crippen LogP contribution in [-0.2, 0) is 6.18 Å². The maximum absolute atomic E-state index is 12.5. The van der Waals surface area contributed by atoms with E-state index in [4.69, 9.17) is 11.6 Å². The number of alkyl halides is 3. The van der Waals surface area contributed by atoms with E-state index in [0.29, 0.717) is 0 Å². The van der Waals surface area contributed by atoms with Crippen LogP contribution in [0.1, 0.15) is 30.2 Å². The molecule has 7 heteroatoms. The van der Waals surface area contributed by atoms with Gasteiger partial charge in [0.05, 0.1) is 6.10 Å². The van der Waals surface area contributed by atoms with Crippen LogP contribution in [0, 0.1) is 5.92 Å². The second-order valence-electron chi connectivity index (χ2n) is 4.61. The Morgan fingerprint density at radius 3 is 2.47 bits per heavy atom. The molecule has 1 unspecified atom stereocenters. The lowest BCUT2D eigenvalue weighted by Gasteiger charge is -2.27. The smallest absolute Gasteiger partial charge is 0.388 e. The van der Waals surface area contributed by atoms with Gasteiger partial charge in [-0.3, -0.25) is 0 Å². The molecule has 0 saturated carbocycles. The van der Waals surface area contributed by atoms with Gasteiger partial charge >= 0.3 is 6.18 Å². The highest BCUT2D eigenvalue weighted by atomic mass is 35.5. The molecule has 0 amide bonds. The summed E-state index contributed by atoms with van der Waals surface area (Å²) in [6.45, 7) is 1.57. The van der Waals surface area contributed by atoms with E-state index in [1.165, 1.54) is 6.07 Å². The lowest BCUT2D eigenvalue weighted by Crippen LogP contribution is -2.31. The molecule has 1 atom stereocenters. The first-order valence-electron chi connectivity index (χ1n) is 6.02. The number of aliphatic hydroxyl groups excluding tert-OH is 1. The Morgan fingerprint density at radius 1 is 1.32 bits per heavy atom. The number of rotatable bonds is 2. The molecule has 1 aromatic rings. The number of aromatic nitrogens is 1. The number of hydrogen-bond acceptors (Lipinski definition) is 3. The average Bonchev–Trinajstić information content (AvgIpc) is 2.38. The zero-order chi connectivity index (χ0) is 14.0. The van der Waals surface area contributed by atoms with Crippen molar-refractivity contribution >= 4 is 11.6 Å². The molecule has 1 fully saturated rings. The third-order valence-corrected chi connectivity index (χ3v) is 3.62. The summed E-state index contributed by atoms with van der Waals surface area (Å²) in [5.41, 5.74) is -0.777. The molecular weight excluding hydrogens is 281 g/mol. The molecular formula is C12H14ClF3N2O. The highest BCUT2D eigenvalue weighted by Crippen LogP contribution is 2.35. The zero-order valence-corrected chi connectivity index (χ0v) is 10.8. The van der Waals surface area contributed by atoms with Crippen molar-refractivity contribution in [3.05, 3.63) is 28.5 Å². The highest BCUT2D eigenvalue weighted by Gasteiger charge is 2.34. The molecule has 0 spiro atoms. The minimum absolute atomic E-state index is 0.00251. The molecule has 1 aliphatic heterocycles. The largest absolute Gasteiger partial charge is 0.433 e. The van der Waals surface area contributed by atoms with Crippen LogP contribution >= 0.6 is 11.6 Å². The first-order valence-corrected chi connectivity index (χ1v) is 6.40. The maximum atomic E-state index is 12.5. The van der Waals surface area contributed by atoms with E-state index in [-0.39, 0.29) is 16.6 Å². The van der Waals surface area contributed by atoms with E-state index in [9.17, 15) is 18.3 Å². The summed E-state index contributed by atoms with van der Waals surface area (Å²) in [5.74, 6) is -0.00251. The SMILES string of the molecule is OC(c1ccc(C(F)(F)F)nc1Cl)C1CCNCC1. The van der Waals surface area contributed by atoms with Crippen LogP contribution in [0.3, 0.4) is 0 Å². The molecule has 1 aromatic heterocycles. The summed E-state index contributed by atoms with van der Waals surface area (Å²) >= 11 is 5.76. The molecule has 2 rings (SSSR count). The number of aliphatic hydroxyl groups is 1. The van der Waals surface area contributed by atoms with Gasteiger partial charge in [0.1, 0.15) is 10.8 Å². The standard InChI is InChI=1S/C12H14ClF3N2O/c13-11-8(1-2-9(18-11)12(14,15)16)10(19)7-3-5-17-6-4-7/h1-2,7,10,17,19H,3-6H2. The van der Waals surface area contributed by atoms with Crippen molar-refractivity contribution in [2.45, 2.75) is 25.1 Å². The second-order valence-corrected chi connectivity index (χ2v) is 4.96. The number of hydrogen-bond donors (Lipinski definition) is 2. The van der Waals surface area contributed by atoms with Crippen molar-refractivity contribution in [1.29, 1.82) is 0 Å². The summed E-state index contributed by atoms with van der Waals surface area (Å²) in [4.78, 5) is 3.33. The predicted octanol–water partition coefficient (Wildman–Crippen LogP) is 2.79. The van der Waals surface area contributed by atoms with Crippen molar-refractivity contribution in [2.75, 3.05) is 13.1 Å². The van der Waals surface area contributed by atoms with Crippen LogP contribution in [0.15, 0.2) is 12.1 Å². The van der Waals surface area contributed by atoms with Crippen LogP contribution in [-0.4, -0.2) is 23.2 Å². The van der Waals surface area contributed by atoms with Gasteiger partial charge in [-0.15, -0.1) is 0 Å². The molecule has 1 saturated heterocycles. The van der Waals surface area contributed by atoms with Gasteiger partial charge in [-0.25, -0.2) is 4.98 Å². The van der Waals surface area contributed by atoms with Gasteiger partial charge < -0.3 is 10.4 Å². The molecule has 19 heavy (non-hydrogen) atoms. The van der Waals surface area contributed by atoms with Crippen LogP contribution in [0.5, 0.6) is 0 Å². The molecule has 1 aliphatic rings. The Labute approximate surface area is 113 Å². The Bertz CT molecular complexity index is 447. The van der Waals surface area contributed by atoms with E-state index in [1.54, 1.807) is 0 Å².